The van der Waals surface area contributed by atoms with E-state index < -0.39 is 18.1 Å². The maximum Gasteiger partial charge on any atom is 0.227 e. The Morgan fingerprint density at radius 1 is 1.07 bits per heavy atom. The number of aryl methyl sites for hydroxylation is 2. The summed E-state index contributed by atoms with van der Waals surface area (Å²) in [6, 6.07) is 12.9. The van der Waals surface area contributed by atoms with Gasteiger partial charge in [-0.25, -0.2) is 0 Å². The molecule has 7 heteroatoms. The molecule has 2 aromatic rings. The zero-order valence-electron chi connectivity index (χ0n) is 24.6. The average molecular weight is 572 g/mol. The largest absolute Gasteiger partial charge is 0.490 e. The van der Waals surface area contributed by atoms with Gasteiger partial charge >= 0.3 is 0 Å². The molecule has 6 nitrogen and oxygen atoms in total. The normalized spacial score (nSPS) is 18.5. The van der Waals surface area contributed by atoms with Gasteiger partial charge in [-0.2, -0.15) is 0 Å². The van der Waals surface area contributed by atoms with E-state index in [0.29, 0.717) is 12.2 Å². The lowest BCUT2D eigenvalue weighted by atomic mass is 9.90. The topological polar surface area (TPSA) is 90.2 Å². The predicted molar refractivity (Wildman–Crippen MR) is 164 cm³/mol. The average Bonchev–Trinajstić information content (AvgIpc) is 3.59. The van der Waals surface area contributed by atoms with E-state index in [1.54, 1.807) is 25.2 Å². The van der Waals surface area contributed by atoms with Crippen molar-refractivity contribution in [2.75, 3.05) is 18.1 Å². The Bertz CT molecular complexity index is 1050. The fraction of sp³-hybridized carbons (Fsp3) is 0.606. The number of benzene rings is 1. The number of nitrogens with zero attached hydrogens (tertiary/aromatic N) is 1. The van der Waals surface area contributed by atoms with Crippen LogP contribution in [-0.4, -0.2) is 52.7 Å². The maximum atomic E-state index is 12.7. The standard InChI is InChI=1S/C33H49NO5S/c1-5-6-7-8-10-26-13-15-28(16-14-26)34-27(17-20-32(34)37)11-9-12-29-18-19-31(40-29)25(4)39-22-30(36)24(3)33(38)23(2)21-35/h13-16,18-19,23-24,27,30,33,35-36,38H,4-12,17,20-22H2,1-3H3/t23-,24+,27+,30-,33+/m1/s1. The first-order valence-corrected chi connectivity index (χ1v) is 15.9. The third-order valence-corrected chi connectivity index (χ3v) is 9.39. The maximum absolute atomic E-state index is 12.7. The Morgan fingerprint density at radius 2 is 1.82 bits per heavy atom. The van der Waals surface area contributed by atoms with Gasteiger partial charge in [0.15, 0.2) is 0 Å². The van der Waals surface area contributed by atoms with Gasteiger partial charge in [0, 0.05) is 41.5 Å². The fourth-order valence-electron chi connectivity index (χ4n) is 5.39. The highest BCUT2D eigenvalue weighted by Gasteiger charge is 2.31. The summed E-state index contributed by atoms with van der Waals surface area (Å²) in [5.74, 6) is -0.00636. The van der Waals surface area contributed by atoms with Crippen molar-refractivity contribution in [2.45, 2.75) is 103 Å². The van der Waals surface area contributed by atoms with Gasteiger partial charge in [-0.3, -0.25) is 4.79 Å². The molecule has 0 spiro atoms. The third-order valence-electron chi connectivity index (χ3n) is 8.20. The highest BCUT2D eigenvalue weighted by Crippen LogP contribution is 2.31. The molecule has 0 radical (unpaired) electrons. The van der Waals surface area contributed by atoms with Crippen LogP contribution < -0.4 is 4.90 Å². The molecule has 0 bridgehead atoms. The summed E-state index contributed by atoms with van der Waals surface area (Å²) in [5.41, 5.74) is 2.37. The number of amides is 1. The predicted octanol–water partition coefficient (Wildman–Crippen LogP) is 6.36. The number of carbonyl (C=O) groups excluding carboxylic acids is 1. The summed E-state index contributed by atoms with van der Waals surface area (Å²) in [5, 5.41) is 29.9. The summed E-state index contributed by atoms with van der Waals surface area (Å²) in [7, 11) is 0. The zero-order valence-corrected chi connectivity index (χ0v) is 25.4. The van der Waals surface area contributed by atoms with Crippen LogP contribution in [0.1, 0.15) is 87.5 Å². The molecule has 1 saturated heterocycles. The Morgan fingerprint density at radius 3 is 2.52 bits per heavy atom. The van der Waals surface area contributed by atoms with Gasteiger partial charge in [0.1, 0.15) is 12.4 Å². The molecule has 1 aliphatic heterocycles. The van der Waals surface area contributed by atoms with E-state index in [-0.39, 0.29) is 31.1 Å². The fourth-order valence-corrected chi connectivity index (χ4v) is 6.36. The van der Waals surface area contributed by atoms with Crippen molar-refractivity contribution in [1.82, 2.24) is 0 Å². The van der Waals surface area contributed by atoms with Gasteiger partial charge in [-0.05, 0) is 68.4 Å². The van der Waals surface area contributed by atoms with Crippen molar-refractivity contribution < 1.29 is 24.9 Å². The van der Waals surface area contributed by atoms with Crippen LogP contribution in [0.4, 0.5) is 5.69 Å². The van der Waals surface area contributed by atoms with Crippen LogP contribution in [0.5, 0.6) is 0 Å². The summed E-state index contributed by atoms with van der Waals surface area (Å²) in [6.45, 7) is 9.65. The van der Waals surface area contributed by atoms with E-state index in [0.717, 1.165) is 42.7 Å². The molecule has 1 amide bonds. The quantitative estimate of drug-likeness (QED) is 0.143. The van der Waals surface area contributed by atoms with Crippen LogP contribution in [-0.2, 0) is 22.4 Å². The number of hydrogen-bond donors (Lipinski definition) is 3. The molecular weight excluding hydrogens is 522 g/mol. The molecule has 0 saturated carbocycles. The molecular formula is C33H49NO5S. The zero-order chi connectivity index (χ0) is 29.1. The van der Waals surface area contributed by atoms with Gasteiger partial charge < -0.3 is 25.0 Å². The van der Waals surface area contributed by atoms with Crippen molar-refractivity contribution in [1.29, 1.82) is 0 Å². The number of anilines is 1. The number of aliphatic hydroxyl groups is 3. The first kappa shape index (κ1) is 32.3. The molecule has 5 atom stereocenters. The molecule has 0 unspecified atom stereocenters. The number of rotatable bonds is 18. The van der Waals surface area contributed by atoms with E-state index in [1.807, 2.05) is 11.0 Å². The second-order valence-electron chi connectivity index (χ2n) is 11.4. The lowest BCUT2D eigenvalue weighted by Crippen LogP contribution is -2.37. The number of hydrogen-bond acceptors (Lipinski definition) is 6. The minimum Gasteiger partial charge on any atom is -0.490 e. The van der Waals surface area contributed by atoms with Crippen molar-refractivity contribution in [3.05, 3.63) is 58.3 Å². The van der Waals surface area contributed by atoms with Crippen LogP contribution in [0.25, 0.3) is 5.76 Å². The van der Waals surface area contributed by atoms with E-state index in [9.17, 15) is 20.1 Å². The summed E-state index contributed by atoms with van der Waals surface area (Å²) >= 11 is 1.64. The number of thiophene rings is 1. The lowest BCUT2D eigenvalue weighted by Gasteiger charge is -2.27. The highest BCUT2D eigenvalue weighted by molar-refractivity contribution is 7.13. The summed E-state index contributed by atoms with van der Waals surface area (Å²) in [6.07, 6.45) is 8.88. The monoisotopic (exact) mass is 571 g/mol. The Labute approximate surface area is 244 Å². The minimum atomic E-state index is -0.862. The van der Waals surface area contributed by atoms with Crippen LogP contribution in [0.2, 0.25) is 0 Å². The Balaban J connectivity index is 1.45. The van der Waals surface area contributed by atoms with Gasteiger partial charge in [-0.15, -0.1) is 11.3 Å². The van der Waals surface area contributed by atoms with E-state index in [2.05, 4.69) is 43.8 Å². The van der Waals surface area contributed by atoms with Gasteiger partial charge in [-0.1, -0.05) is 58.7 Å². The molecule has 1 aliphatic rings. The SMILES string of the molecule is C=C(OC[C@@H](O)[C@H](C)[C@@H](O)[C@H](C)CO)c1ccc(CCC[C@H]2CCC(=O)N2c2ccc(CCCCCC)cc2)s1. The van der Waals surface area contributed by atoms with Crippen LogP contribution in [0.3, 0.4) is 0 Å². The minimum absolute atomic E-state index is 0.0355. The van der Waals surface area contributed by atoms with Crippen LogP contribution in [0, 0.1) is 11.8 Å². The molecule has 3 N–H and O–H groups in total. The number of aliphatic hydroxyl groups excluding tert-OH is 3. The van der Waals surface area contributed by atoms with E-state index >= 15 is 0 Å². The molecule has 1 fully saturated rings. The first-order valence-electron chi connectivity index (χ1n) is 15.0. The summed E-state index contributed by atoms with van der Waals surface area (Å²) in [4.78, 5) is 16.9. The van der Waals surface area contributed by atoms with Crippen molar-refractivity contribution >= 4 is 28.7 Å². The van der Waals surface area contributed by atoms with Crippen LogP contribution >= 0.6 is 11.3 Å². The van der Waals surface area contributed by atoms with Crippen LogP contribution in [0.15, 0.2) is 43.0 Å². The van der Waals surface area contributed by atoms with E-state index in [1.165, 1.54) is 36.1 Å². The molecule has 3 rings (SSSR count). The smallest absolute Gasteiger partial charge is 0.227 e. The van der Waals surface area contributed by atoms with E-state index in [4.69, 9.17) is 4.74 Å². The molecule has 2 heterocycles. The molecule has 222 valence electrons. The lowest BCUT2D eigenvalue weighted by molar-refractivity contribution is -0.117. The highest BCUT2D eigenvalue weighted by atomic mass is 32.1. The molecule has 1 aromatic heterocycles. The van der Waals surface area contributed by atoms with Crippen molar-refractivity contribution in [3.8, 4) is 0 Å². The first-order chi connectivity index (χ1) is 19.2. The van der Waals surface area contributed by atoms with Crippen molar-refractivity contribution in [2.24, 2.45) is 11.8 Å². The van der Waals surface area contributed by atoms with Gasteiger partial charge in [0.05, 0.1) is 17.1 Å². The van der Waals surface area contributed by atoms with Gasteiger partial charge in [0.2, 0.25) is 5.91 Å². The summed E-state index contributed by atoms with van der Waals surface area (Å²) < 4.78 is 5.74. The molecule has 0 aliphatic carbocycles. The Hall–Kier alpha value is -2.19. The van der Waals surface area contributed by atoms with Gasteiger partial charge in [0.25, 0.3) is 0 Å². The van der Waals surface area contributed by atoms with Crippen molar-refractivity contribution in [3.63, 3.8) is 0 Å². The number of carbonyl (C=O) groups is 1. The third kappa shape index (κ3) is 9.16. The Kier molecular flexibility index (Phi) is 13.2. The number of unbranched alkanes of at least 4 members (excludes halogenated alkanes) is 3. The molecule has 40 heavy (non-hydrogen) atoms. The second-order valence-corrected chi connectivity index (χ2v) is 12.6. The number of ether oxygens (including phenoxy) is 1. The molecule has 1 aromatic carbocycles. The second kappa shape index (κ2) is 16.3.